The van der Waals surface area contributed by atoms with Gasteiger partial charge in [-0.05, 0) is 19.1 Å². The summed E-state index contributed by atoms with van der Waals surface area (Å²) in [6, 6.07) is 3.06. The molecule has 7 nitrogen and oxygen atoms in total. The highest BCUT2D eigenvalue weighted by atomic mass is 16.5. The van der Waals surface area contributed by atoms with E-state index in [0.29, 0.717) is 25.4 Å². The third-order valence-corrected chi connectivity index (χ3v) is 3.21. The van der Waals surface area contributed by atoms with Crippen molar-refractivity contribution < 1.29 is 14.3 Å². The Labute approximate surface area is 123 Å². The highest BCUT2D eigenvalue weighted by molar-refractivity contribution is 5.91. The number of hydrogen-bond donors (Lipinski definition) is 3. The first kappa shape index (κ1) is 15.4. The van der Waals surface area contributed by atoms with Crippen LogP contribution in [0.15, 0.2) is 24.5 Å². The quantitative estimate of drug-likeness (QED) is 0.705. The Hall–Kier alpha value is -1.99. The zero-order valence-electron chi connectivity index (χ0n) is 12.0. The summed E-state index contributed by atoms with van der Waals surface area (Å²) in [6.07, 6.45) is 3.27. The van der Waals surface area contributed by atoms with Gasteiger partial charge in [-0.3, -0.25) is 14.6 Å². The maximum Gasteiger partial charge on any atom is 0.239 e. The van der Waals surface area contributed by atoms with E-state index in [9.17, 15) is 9.59 Å². The first-order chi connectivity index (χ1) is 10.2. The van der Waals surface area contributed by atoms with Gasteiger partial charge in [0.2, 0.25) is 11.8 Å². The second-order valence-electron chi connectivity index (χ2n) is 4.83. The van der Waals surface area contributed by atoms with E-state index in [2.05, 4.69) is 20.9 Å². The minimum Gasteiger partial charge on any atom is -0.375 e. The van der Waals surface area contributed by atoms with Gasteiger partial charge in [0.25, 0.3) is 0 Å². The SMILES string of the molecule is C[C@H]1OCCN[C@@H]1C(=O)NCCC(=O)Nc1ccncc1. The Morgan fingerprint density at radius 1 is 1.43 bits per heavy atom. The second kappa shape index (κ2) is 7.70. The van der Waals surface area contributed by atoms with Gasteiger partial charge in [-0.1, -0.05) is 0 Å². The third kappa shape index (κ3) is 4.80. The fraction of sp³-hybridized carbons (Fsp3) is 0.500. The minimum absolute atomic E-state index is 0.140. The molecule has 0 aromatic carbocycles. The van der Waals surface area contributed by atoms with Crippen LogP contribution in [0.4, 0.5) is 5.69 Å². The lowest BCUT2D eigenvalue weighted by Gasteiger charge is -2.29. The summed E-state index contributed by atoms with van der Waals surface area (Å²) in [6.45, 7) is 3.41. The van der Waals surface area contributed by atoms with Crippen molar-refractivity contribution in [3.8, 4) is 0 Å². The Balaban J connectivity index is 1.69. The van der Waals surface area contributed by atoms with Crippen LogP contribution in [0.5, 0.6) is 0 Å². The number of rotatable bonds is 5. The molecule has 1 aromatic rings. The molecule has 0 saturated carbocycles. The average Bonchev–Trinajstić information content (AvgIpc) is 2.48. The van der Waals surface area contributed by atoms with Gasteiger partial charge in [-0.15, -0.1) is 0 Å². The Kier molecular flexibility index (Phi) is 5.65. The van der Waals surface area contributed by atoms with Gasteiger partial charge in [-0.2, -0.15) is 0 Å². The van der Waals surface area contributed by atoms with Crippen molar-refractivity contribution in [2.75, 3.05) is 25.0 Å². The summed E-state index contributed by atoms with van der Waals surface area (Å²) >= 11 is 0. The molecule has 114 valence electrons. The molecule has 0 spiro atoms. The van der Waals surface area contributed by atoms with Crippen LogP contribution in [0, 0.1) is 0 Å². The summed E-state index contributed by atoms with van der Waals surface area (Å²) in [5.74, 6) is -0.290. The van der Waals surface area contributed by atoms with Crippen molar-refractivity contribution in [2.24, 2.45) is 0 Å². The maximum absolute atomic E-state index is 12.0. The third-order valence-electron chi connectivity index (χ3n) is 3.21. The van der Waals surface area contributed by atoms with Crippen molar-refractivity contribution in [1.29, 1.82) is 0 Å². The summed E-state index contributed by atoms with van der Waals surface area (Å²) in [7, 11) is 0. The average molecular weight is 292 g/mol. The molecule has 2 atom stereocenters. The van der Waals surface area contributed by atoms with Crippen LogP contribution in [0.2, 0.25) is 0 Å². The predicted octanol–water partition coefficient (Wildman–Crippen LogP) is -0.0967. The van der Waals surface area contributed by atoms with Gasteiger partial charge in [0.15, 0.2) is 0 Å². The molecule has 0 aliphatic carbocycles. The number of aromatic nitrogens is 1. The van der Waals surface area contributed by atoms with E-state index in [1.807, 2.05) is 6.92 Å². The second-order valence-corrected chi connectivity index (χ2v) is 4.83. The molecule has 1 fully saturated rings. The molecule has 2 rings (SSSR count). The number of carbonyl (C=O) groups excluding carboxylic acids is 2. The lowest BCUT2D eigenvalue weighted by Crippen LogP contribution is -2.55. The van der Waals surface area contributed by atoms with Crippen molar-refractivity contribution >= 4 is 17.5 Å². The number of morpholine rings is 1. The molecule has 21 heavy (non-hydrogen) atoms. The van der Waals surface area contributed by atoms with Gasteiger partial charge in [0, 0.05) is 37.6 Å². The summed E-state index contributed by atoms with van der Waals surface area (Å²) in [5, 5.41) is 8.58. The van der Waals surface area contributed by atoms with Crippen LogP contribution in [0.25, 0.3) is 0 Å². The molecule has 1 aromatic heterocycles. The number of nitrogens with one attached hydrogen (secondary N) is 3. The minimum atomic E-state index is -0.359. The van der Waals surface area contributed by atoms with Crippen LogP contribution in [0.3, 0.4) is 0 Å². The normalized spacial score (nSPS) is 21.6. The molecule has 0 radical (unpaired) electrons. The number of ether oxygens (including phenoxy) is 1. The summed E-state index contributed by atoms with van der Waals surface area (Å²) in [4.78, 5) is 27.5. The van der Waals surface area contributed by atoms with Crippen LogP contribution >= 0.6 is 0 Å². The smallest absolute Gasteiger partial charge is 0.239 e. The molecule has 2 amide bonds. The van der Waals surface area contributed by atoms with E-state index in [1.165, 1.54) is 0 Å². The molecule has 7 heteroatoms. The van der Waals surface area contributed by atoms with E-state index in [1.54, 1.807) is 24.5 Å². The van der Waals surface area contributed by atoms with Gasteiger partial charge >= 0.3 is 0 Å². The fourth-order valence-electron chi connectivity index (χ4n) is 2.10. The standard InChI is InChI=1S/C14H20N4O3/c1-10-13(16-8-9-21-10)14(20)17-7-4-12(19)18-11-2-5-15-6-3-11/h2-3,5-6,10,13,16H,4,7-9H2,1H3,(H,17,20)(H,15,18,19)/t10-,13+/m1/s1. The Morgan fingerprint density at radius 2 is 2.19 bits per heavy atom. The summed E-state index contributed by atoms with van der Waals surface area (Å²) in [5.41, 5.74) is 0.692. The van der Waals surface area contributed by atoms with E-state index in [0.717, 1.165) is 0 Å². The topological polar surface area (TPSA) is 92.4 Å². The summed E-state index contributed by atoms with van der Waals surface area (Å²) < 4.78 is 5.41. The van der Waals surface area contributed by atoms with Gasteiger partial charge < -0.3 is 20.7 Å². The van der Waals surface area contributed by atoms with E-state index >= 15 is 0 Å². The van der Waals surface area contributed by atoms with Crippen molar-refractivity contribution in [2.45, 2.75) is 25.5 Å². The monoisotopic (exact) mass is 292 g/mol. The number of carbonyl (C=O) groups is 2. The number of anilines is 1. The Bertz CT molecular complexity index is 480. The molecular weight excluding hydrogens is 272 g/mol. The van der Waals surface area contributed by atoms with Gasteiger partial charge in [0.1, 0.15) is 6.04 Å². The van der Waals surface area contributed by atoms with Gasteiger partial charge in [-0.25, -0.2) is 0 Å². The first-order valence-corrected chi connectivity index (χ1v) is 6.99. The highest BCUT2D eigenvalue weighted by Gasteiger charge is 2.27. The number of hydrogen-bond acceptors (Lipinski definition) is 5. The molecule has 0 unspecified atom stereocenters. The molecule has 1 aliphatic heterocycles. The number of amides is 2. The molecule has 0 bridgehead atoms. The van der Waals surface area contributed by atoms with E-state index in [4.69, 9.17) is 4.74 Å². The van der Waals surface area contributed by atoms with Crippen LogP contribution < -0.4 is 16.0 Å². The maximum atomic E-state index is 12.0. The lowest BCUT2D eigenvalue weighted by molar-refractivity contribution is -0.128. The largest absolute Gasteiger partial charge is 0.375 e. The zero-order valence-corrected chi connectivity index (χ0v) is 12.0. The van der Waals surface area contributed by atoms with Crippen molar-refractivity contribution in [3.05, 3.63) is 24.5 Å². The van der Waals surface area contributed by atoms with Crippen molar-refractivity contribution in [1.82, 2.24) is 15.6 Å². The Morgan fingerprint density at radius 3 is 2.90 bits per heavy atom. The van der Waals surface area contributed by atoms with Crippen LogP contribution in [-0.4, -0.2) is 48.6 Å². The highest BCUT2D eigenvalue weighted by Crippen LogP contribution is 2.05. The molecule has 2 heterocycles. The van der Waals surface area contributed by atoms with Crippen LogP contribution in [0.1, 0.15) is 13.3 Å². The van der Waals surface area contributed by atoms with Crippen molar-refractivity contribution in [3.63, 3.8) is 0 Å². The predicted molar refractivity (Wildman–Crippen MR) is 77.7 cm³/mol. The zero-order chi connectivity index (χ0) is 15.1. The van der Waals surface area contributed by atoms with Crippen LogP contribution in [-0.2, 0) is 14.3 Å². The fourth-order valence-corrected chi connectivity index (χ4v) is 2.10. The number of nitrogens with zero attached hydrogens (tertiary/aromatic N) is 1. The first-order valence-electron chi connectivity index (χ1n) is 6.99. The molecule has 1 aliphatic rings. The van der Waals surface area contributed by atoms with Gasteiger partial charge in [0.05, 0.1) is 12.7 Å². The number of pyridine rings is 1. The molecule has 3 N–H and O–H groups in total. The lowest BCUT2D eigenvalue weighted by atomic mass is 10.1. The van der Waals surface area contributed by atoms with E-state index < -0.39 is 0 Å². The van der Waals surface area contributed by atoms with E-state index in [-0.39, 0.29) is 30.4 Å². The molecule has 1 saturated heterocycles. The molecular formula is C14H20N4O3.